The first kappa shape index (κ1) is 23.1. The number of pyridine rings is 1. The number of ketones is 1. The van der Waals surface area contributed by atoms with Crippen molar-refractivity contribution < 1.29 is 19.4 Å². The van der Waals surface area contributed by atoms with E-state index in [9.17, 15) is 9.59 Å². The van der Waals surface area contributed by atoms with Crippen LogP contribution in [-0.2, 0) is 22.7 Å². The van der Waals surface area contributed by atoms with E-state index in [-0.39, 0.29) is 12.4 Å². The van der Waals surface area contributed by atoms with Gasteiger partial charge in [0.25, 0.3) is 0 Å². The Bertz CT molecular complexity index is 1340. The molecule has 34 heavy (non-hydrogen) atoms. The number of benzene rings is 2. The number of carboxylic acid groups (broad SMARTS) is 1. The molecule has 2 aromatic heterocycles. The van der Waals surface area contributed by atoms with E-state index in [0.29, 0.717) is 23.3 Å². The maximum atomic E-state index is 13.1. The van der Waals surface area contributed by atoms with Crippen molar-refractivity contribution in [3.63, 3.8) is 0 Å². The maximum Gasteiger partial charge on any atom is 0.332 e. The van der Waals surface area contributed by atoms with E-state index in [1.165, 1.54) is 6.92 Å². The quantitative estimate of drug-likeness (QED) is 0.369. The molecule has 0 unspecified atom stereocenters. The molecule has 0 saturated heterocycles. The molecular formula is C27H25N3O4. The molecule has 1 atom stereocenters. The van der Waals surface area contributed by atoms with Gasteiger partial charge in [0, 0.05) is 11.8 Å². The van der Waals surface area contributed by atoms with E-state index >= 15 is 0 Å². The van der Waals surface area contributed by atoms with Gasteiger partial charge < -0.3 is 9.84 Å². The summed E-state index contributed by atoms with van der Waals surface area (Å²) in [6.45, 7) is 4.20. The average molecular weight is 456 g/mol. The van der Waals surface area contributed by atoms with Gasteiger partial charge in [0.2, 0.25) is 5.78 Å². The minimum absolute atomic E-state index is 0.151. The summed E-state index contributed by atoms with van der Waals surface area (Å²) in [6.07, 6.45) is 4.76. The van der Waals surface area contributed by atoms with Gasteiger partial charge >= 0.3 is 5.97 Å². The van der Waals surface area contributed by atoms with E-state index in [1.807, 2.05) is 79.7 Å². The molecule has 172 valence electrons. The number of fused-ring (bicyclic) bond motifs is 1. The molecule has 7 heteroatoms. The van der Waals surface area contributed by atoms with Crippen molar-refractivity contribution in [1.82, 2.24) is 14.8 Å². The van der Waals surface area contributed by atoms with Crippen LogP contribution >= 0.6 is 0 Å². The lowest BCUT2D eigenvalue weighted by atomic mass is 10.1. The van der Waals surface area contributed by atoms with Crippen molar-refractivity contribution in [2.45, 2.75) is 33.1 Å². The van der Waals surface area contributed by atoms with E-state index in [4.69, 9.17) is 9.84 Å². The summed E-state index contributed by atoms with van der Waals surface area (Å²) in [6, 6.07) is 18.9. The number of aromatic nitrogens is 3. The molecule has 0 aliphatic carbocycles. The number of carboxylic acids is 1. The van der Waals surface area contributed by atoms with Gasteiger partial charge in [-0.2, -0.15) is 5.10 Å². The Morgan fingerprint density at radius 1 is 1.09 bits per heavy atom. The molecule has 2 heterocycles. The van der Waals surface area contributed by atoms with Crippen LogP contribution in [0.4, 0.5) is 0 Å². The number of hydrogen-bond acceptors (Lipinski definition) is 5. The van der Waals surface area contributed by atoms with E-state index in [0.717, 1.165) is 22.2 Å². The summed E-state index contributed by atoms with van der Waals surface area (Å²) in [7, 11) is 0. The summed E-state index contributed by atoms with van der Waals surface area (Å²) in [5.41, 5.74) is 5.27. The molecule has 0 aliphatic heterocycles. The molecule has 0 aliphatic rings. The number of aryl methyl sites for hydroxylation is 1. The normalized spacial score (nSPS) is 12.3. The van der Waals surface area contributed by atoms with Gasteiger partial charge in [0.05, 0.1) is 18.7 Å². The molecule has 0 bridgehead atoms. The van der Waals surface area contributed by atoms with Gasteiger partial charge in [-0.15, -0.1) is 0 Å². The topological polar surface area (TPSA) is 94.3 Å². The maximum absolute atomic E-state index is 13.1. The zero-order chi connectivity index (χ0) is 24.1. The third-order valence-corrected chi connectivity index (χ3v) is 5.45. The highest BCUT2D eigenvalue weighted by Gasteiger charge is 2.19. The Balaban J connectivity index is 1.48. The van der Waals surface area contributed by atoms with Crippen LogP contribution in [0.2, 0.25) is 0 Å². The van der Waals surface area contributed by atoms with Crippen LogP contribution in [0.1, 0.15) is 39.7 Å². The fourth-order valence-corrected chi connectivity index (χ4v) is 3.45. The molecular weight excluding hydrogens is 430 g/mol. The fraction of sp³-hybridized carbons (Fsp3) is 0.185. The molecule has 4 aromatic rings. The lowest BCUT2D eigenvalue weighted by Gasteiger charge is -2.08. The predicted octanol–water partition coefficient (Wildman–Crippen LogP) is 4.67. The molecule has 2 aromatic carbocycles. The monoisotopic (exact) mass is 455 g/mol. The number of ether oxygens (including phenoxy) is 1. The number of rotatable bonds is 9. The first-order valence-electron chi connectivity index (χ1n) is 10.9. The van der Waals surface area contributed by atoms with Crippen molar-refractivity contribution in [3.8, 4) is 0 Å². The van der Waals surface area contributed by atoms with Crippen LogP contribution in [-0.4, -0.2) is 37.7 Å². The second-order valence-electron chi connectivity index (χ2n) is 8.03. The molecule has 1 N–H and O–H groups in total. The number of aliphatic carboxylic acids is 1. The summed E-state index contributed by atoms with van der Waals surface area (Å²) in [5, 5.41) is 13.5. The number of carbonyl (C=O) groups excluding carboxylic acids is 1. The van der Waals surface area contributed by atoms with Crippen molar-refractivity contribution in [2.24, 2.45) is 0 Å². The third-order valence-electron chi connectivity index (χ3n) is 5.45. The second kappa shape index (κ2) is 10.2. The Labute approximate surface area is 197 Å². The van der Waals surface area contributed by atoms with Crippen LogP contribution in [0.15, 0.2) is 72.9 Å². The highest BCUT2D eigenvalue weighted by molar-refractivity contribution is 6.13. The van der Waals surface area contributed by atoms with Gasteiger partial charge in [0.15, 0.2) is 11.8 Å². The molecule has 0 radical (unpaired) electrons. The first-order chi connectivity index (χ1) is 16.4. The van der Waals surface area contributed by atoms with Gasteiger partial charge in [-0.05, 0) is 37.1 Å². The molecule has 7 nitrogen and oxygen atoms in total. The zero-order valence-corrected chi connectivity index (χ0v) is 19.0. The Morgan fingerprint density at radius 2 is 1.82 bits per heavy atom. The van der Waals surface area contributed by atoms with Crippen molar-refractivity contribution in [3.05, 3.63) is 101 Å². The van der Waals surface area contributed by atoms with Crippen LogP contribution in [0, 0.1) is 6.92 Å². The number of hydrogen-bond donors (Lipinski definition) is 1. The fourth-order valence-electron chi connectivity index (χ4n) is 3.45. The molecule has 0 saturated carbocycles. The lowest BCUT2D eigenvalue weighted by Crippen LogP contribution is -2.19. The lowest BCUT2D eigenvalue weighted by molar-refractivity contribution is -0.149. The Morgan fingerprint density at radius 3 is 2.53 bits per heavy atom. The summed E-state index contributed by atoms with van der Waals surface area (Å²) in [5.74, 6) is -1.13. The second-order valence-corrected chi connectivity index (χ2v) is 8.03. The van der Waals surface area contributed by atoms with Crippen LogP contribution < -0.4 is 0 Å². The van der Waals surface area contributed by atoms with Gasteiger partial charge in [-0.3, -0.25) is 14.5 Å². The van der Waals surface area contributed by atoms with Gasteiger partial charge in [-0.1, -0.05) is 66.2 Å². The summed E-state index contributed by atoms with van der Waals surface area (Å²) in [4.78, 5) is 28.3. The Hall–Kier alpha value is -4.10. The molecule has 4 rings (SSSR count). The average Bonchev–Trinajstić information content (AvgIpc) is 3.22. The predicted molar refractivity (Wildman–Crippen MR) is 130 cm³/mol. The van der Waals surface area contributed by atoms with Crippen LogP contribution in [0.25, 0.3) is 17.1 Å². The summed E-state index contributed by atoms with van der Waals surface area (Å²) >= 11 is 0. The van der Waals surface area contributed by atoms with Crippen molar-refractivity contribution >= 4 is 28.9 Å². The van der Waals surface area contributed by atoms with Crippen molar-refractivity contribution in [2.75, 3.05) is 0 Å². The minimum atomic E-state index is -0.982. The van der Waals surface area contributed by atoms with Crippen LogP contribution in [0.3, 0.4) is 0 Å². The number of nitrogens with zero attached hydrogens (tertiary/aromatic N) is 3. The van der Waals surface area contributed by atoms with E-state index in [2.05, 4.69) is 10.1 Å². The molecule has 0 fully saturated rings. The highest BCUT2D eigenvalue weighted by atomic mass is 16.5. The first-order valence-corrected chi connectivity index (χ1v) is 10.9. The molecule has 0 amide bonds. The minimum Gasteiger partial charge on any atom is -0.479 e. The zero-order valence-electron chi connectivity index (χ0n) is 19.0. The van der Waals surface area contributed by atoms with Gasteiger partial charge in [0.1, 0.15) is 5.52 Å². The number of carbonyl (C=O) groups is 2. The standard InChI is InChI=1S/C27H25N3O4/c1-18-7-13-22(14-8-18)26(31)25-24-23(6-3-15-28-24)30(29-25)16-4-5-20-9-11-21(12-10-20)17-34-19(2)27(32)33/h3-15,19H,16-17H2,1-2H3,(H,32,33)/t19-/m1/s1. The Kier molecular flexibility index (Phi) is 6.94. The highest BCUT2D eigenvalue weighted by Crippen LogP contribution is 2.20. The van der Waals surface area contributed by atoms with Gasteiger partial charge in [-0.25, -0.2) is 4.79 Å². The smallest absolute Gasteiger partial charge is 0.332 e. The molecule has 0 spiro atoms. The van der Waals surface area contributed by atoms with E-state index in [1.54, 1.807) is 10.9 Å². The third kappa shape index (κ3) is 5.27. The number of allylic oxidation sites excluding steroid dienone is 1. The summed E-state index contributed by atoms with van der Waals surface area (Å²) < 4.78 is 7.08. The SMILES string of the molecule is Cc1ccc(C(=O)c2nn(CC=Cc3ccc(CO[C@H](C)C(=O)O)cc3)c3cccnc23)cc1. The van der Waals surface area contributed by atoms with Crippen molar-refractivity contribution in [1.29, 1.82) is 0 Å². The van der Waals surface area contributed by atoms with Crippen LogP contribution in [0.5, 0.6) is 0 Å². The van der Waals surface area contributed by atoms with E-state index < -0.39 is 12.1 Å². The largest absolute Gasteiger partial charge is 0.479 e.